The van der Waals surface area contributed by atoms with E-state index in [1.807, 2.05) is 0 Å². The molecule has 4 nitrogen and oxygen atoms in total. The summed E-state index contributed by atoms with van der Waals surface area (Å²) < 4.78 is 0. The van der Waals surface area contributed by atoms with Gasteiger partial charge in [0.25, 0.3) is 0 Å². The van der Waals surface area contributed by atoms with E-state index in [0.29, 0.717) is 33.4 Å². The first-order chi connectivity index (χ1) is 13.6. The van der Waals surface area contributed by atoms with Crippen molar-refractivity contribution in [3.63, 3.8) is 0 Å². The van der Waals surface area contributed by atoms with E-state index in [0.717, 1.165) is 0 Å². The molecule has 0 N–H and O–H groups in total. The number of rotatable bonds is 2. The molecule has 28 heavy (non-hydrogen) atoms. The first-order valence-corrected chi connectivity index (χ1v) is 9.02. The Balaban J connectivity index is 1.48. The normalized spacial score (nSPS) is 16.6. The largest absolute Gasteiger partial charge is 0.293 e. The van der Waals surface area contributed by atoms with Gasteiger partial charge in [-0.1, -0.05) is 72.8 Å². The second-order valence-electron chi connectivity index (χ2n) is 7.08. The van der Waals surface area contributed by atoms with Crippen molar-refractivity contribution in [2.45, 2.75) is 11.8 Å². The lowest BCUT2D eigenvalue weighted by atomic mass is 9.89. The maximum atomic E-state index is 12.7. The highest BCUT2D eigenvalue weighted by molar-refractivity contribution is 6.30. The van der Waals surface area contributed by atoms with Crippen LogP contribution < -0.4 is 0 Å². The van der Waals surface area contributed by atoms with Gasteiger partial charge in [0, 0.05) is 22.3 Å². The fourth-order valence-electron chi connectivity index (χ4n) is 4.17. The van der Waals surface area contributed by atoms with Crippen LogP contribution in [0, 0.1) is 0 Å². The number of ketones is 4. The molecule has 2 aliphatic carbocycles. The van der Waals surface area contributed by atoms with Crippen LogP contribution in [0.4, 0.5) is 0 Å². The minimum atomic E-state index is -0.862. The van der Waals surface area contributed by atoms with Gasteiger partial charge in [-0.05, 0) is 11.1 Å². The van der Waals surface area contributed by atoms with E-state index in [-0.39, 0.29) is 23.1 Å². The molecule has 0 unspecified atom stereocenters. The predicted octanol–water partition coefficient (Wildman–Crippen LogP) is 4.01. The lowest BCUT2D eigenvalue weighted by Gasteiger charge is -2.11. The van der Waals surface area contributed by atoms with Gasteiger partial charge in [0.2, 0.25) is 0 Å². The molecule has 0 saturated heterocycles. The molecule has 3 aromatic rings. The van der Waals surface area contributed by atoms with Gasteiger partial charge in [-0.15, -0.1) is 0 Å². The quantitative estimate of drug-likeness (QED) is 0.643. The first kappa shape index (κ1) is 16.5. The van der Waals surface area contributed by atoms with E-state index in [9.17, 15) is 19.2 Å². The Labute approximate surface area is 160 Å². The van der Waals surface area contributed by atoms with E-state index in [1.54, 1.807) is 72.8 Å². The number of benzene rings is 3. The monoisotopic (exact) mass is 366 g/mol. The molecule has 0 bridgehead atoms. The molecule has 0 radical (unpaired) electrons. The summed E-state index contributed by atoms with van der Waals surface area (Å²) in [7, 11) is 0. The van der Waals surface area contributed by atoms with E-state index in [1.165, 1.54) is 0 Å². The van der Waals surface area contributed by atoms with E-state index < -0.39 is 11.8 Å². The summed E-state index contributed by atoms with van der Waals surface area (Å²) in [5.74, 6) is -2.58. The van der Waals surface area contributed by atoms with Crippen molar-refractivity contribution in [3.8, 4) is 0 Å². The van der Waals surface area contributed by atoms with Crippen molar-refractivity contribution in [1.29, 1.82) is 0 Å². The molecule has 2 aliphatic rings. The molecule has 0 atom stereocenters. The van der Waals surface area contributed by atoms with Crippen molar-refractivity contribution in [2.24, 2.45) is 0 Å². The number of fused-ring (bicyclic) bond motifs is 2. The van der Waals surface area contributed by atoms with Crippen molar-refractivity contribution in [2.75, 3.05) is 0 Å². The summed E-state index contributed by atoms with van der Waals surface area (Å²) in [5.41, 5.74) is 2.92. The Kier molecular flexibility index (Phi) is 3.49. The molecule has 0 aromatic heterocycles. The summed E-state index contributed by atoms with van der Waals surface area (Å²) in [4.78, 5) is 50.7. The summed E-state index contributed by atoms with van der Waals surface area (Å²) in [6.45, 7) is 0. The maximum absolute atomic E-state index is 12.7. The number of carbonyl (C=O) groups is 4. The molecule has 0 aliphatic heterocycles. The molecule has 5 rings (SSSR count). The summed E-state index contributed by atoms with van der Waals surface area (Å²) in [6.07, 6.45) is 0. The number of hydrogen-bond acceptors (Lipinski definition) is 4. The first-order valence-electron chi connectivity index (χ1n) is 9.02. The van der Waals surface area contributed by atoms with Crippen LogP contribution in [0.3, 0.4) is 0 Å². The van der Waals surface area contributed by atoms with Crippen molar-refractivity contribution in [1.82, 2.24) is 0 Å². The van der Waals surface area contributed by atoms with Crippen LogP contribution in [-0.2, 0) is 0 Å². The van der Waals surface area contributed by atoms with Gasteiger partial charge in [-0.2, -0.15) is 0 Å². The highest BCUT2D eigenvalue weighted by Crippen LogP contribution is 2.37. The standard InChI is InChI=1S/C24H14O4/c25-21-15-5-1-2-6-16(15)22(26)19(21)13-9-11-14(12-10-13)20-23(27)17-7-3-4-8-18(17)24(20)28/h1-12,19-20H. The Hall–Kier alpha value is -3.66. The molecular formula is C24H14O4. The third-order valence-corrected chi connectivity index (χ3v) is 5.57. The van der Waals surface area contributed by atoms with Crippen molar-refractivity contribution >= 4 is 23.1 Å². The van der Waals surface area contributed by atoms with Crippen molar-refractivity contribution < 1.29 is 19.2 Å². The van der Waals surface area contributed by atoms with E-state index >= 15 is 0 Å². The minimum absolute atomic E-state index is 0.214. The Morgan fingerprint density at radius 2 is 0.643 bits per heavy atom. The van der Waals surface area contributed by atoms with Crippen LogP contribution >= 0.6 is 0 Å². The third kappa shape index (κ3) is 2.18. The van der Waals surface area contributed by atoms with Gasteiger partial charge in [0.15, 0.2) is 23.1 Å². The topological polar surface area (TPSA) is 68.3 Å². The summed E-state index contributed by atoms with van der Waals surface area (Å²) >= 11 is 0. The van der Waals surface area contributed by atoms with Crippen LogP contribution in [0.1, 0.15) is 64.4 Å². The average Bonchev–Trinajstić information content (AvgIpc) is 3.14. The molecule has 0 fully saturated rings. The molecule has 4 heteroatoms. The zero-order valence-electron chi connectivity index (χ0n) is 14.7. The highest BCUT2D eigenvalue weighted by atomic mass is 16.2. The van der Waals surface area contributed by atoms with Gasteiger partial charge in [-0.25, -0.2) is 0 Å². The summed E-state index contributed by atoms with van der Waals surface area (Å²) in [5, 5.41) is 0. The third-order valence-electron chi connectivity index (χ3n) is 5.57. The molecule has 0 heterocycles. The molecule has 134 valence electrons. The van der Waals surface area contributed by atoms with Crippen LogP contribution in [0.25, 0.3) is 0 Å². The Bertz CT molecular complexity index is 1020. The van der Waals surface area contributed by atoms with Crippen LogP contribution in [0.15, 0.2) is 72.8 Å². The number of carbonyl (C=O) groups excluding carboxylic acids is 4. The molecular weight excluding hydrogens is 352 g/mol. The van der Waals surface area contributed by atoms with Crippen molar-refractivity contribution in [3.05, 3.63) is 106 Å². The number of hydrogen-bond donors (Lipinski definition) is 0. The molecule has 0 amide bonds. The Morgan fingerprint density at radius 3 is 0.893 bits per heavy atom. The average molecular weight is 366 g/mol. The van der Waals surface area contributed by atoms with Gasteiger partial charge >= 0.3 is 0 Å². The zero-order valence-corrected chi connectivity index (χ0v) is 14.7. The van der Waals surface area contributed by atoms with Crippen LogP contribution in [-0.4, -0.2) is 23.1 Å². The maximum Gasteiger partial charge on any atom is 0.178 e. The lowest BCUT2D eigenvalue weighted by molar-refractivity contribution is 0.0872. The fraction of sp³-hybridized carbons (Fsp3) is 0.0833. The van der Waals surface area contributed by atoms with Gasteiger partial charge in [0.1, 0.15) is 11.8 Å². The van der Waals surface area contributed by atoms with E-state index in [2.05, 4.69) is 0 Å². The van der Waals surface area contributed by atoms with Gasteiger partial charge in [-0.3, -0.25) is 19.2 Å². The zero-order chi connectivity index (χ0) is 19.4. The molecule has 0 spiro atoms. The second-order valence-corrected chi connectivity index (χ2v) is 7.08. The highest BCUT2D eigenvalue weighted by Gasteiger charge is 2.41. The predicted molar refractivity (Wildman–Crippen MR) is 102 cm³/mol. The smallest absolute Gasteiger partial charge is 0.178 e. The Morgan fingerprint density at radius 1 is 0.393 bits per heavy atom. The van der Waals surface area contributed by atoms with Crippen LogP contribution in [0.5, 0.6) is 0 Å². The molecule has 0 saturated carbocycles. The SMILES string of the molecule is O=C1c2ccccc2C(=O)C1c1ccc(C2C(=O)c3ccccc3C2=O)cc1. The van der Waals surface area contributed by atoms with Crippen LogP contribution in [0.2, 0.25) is 0 Å². The van der Waals surface area contributed by atoms with Gasteiger partial charge < -0.3 is 0 Å². The minimum Gasteiger partial charge on any atom is -0.293 e. The van der Waals surface area contributed by atoms with E-state index in [4.69, 9.17) is 0 Å². The lowest BCUT2D eigenvalue weighted by Crippen LogP contribution is -2.15. The second kappa shape index (κ2) is 5.92. The fourth-order valence-corrected chi connectivity index (χ4v) is 4.17. The summed E-state index contributed by atoms with van der Waals surface area (Å²) in [6, 6.07) is 20.3. The molecule has 3 aromatic carbocycles. The van der Waals surface area contributed by atoms with Gasteiger partial charge in [0.05, 0.1) is 0 Å². The number of Topliss-reactive ketones (excluding diaryl/α,β-unsaturated/α-hetero) is 4.